The van der Waals surface area contributed by atoms with Crippen LogP contribution in [0.3, 0.4) is 0 Å². The minimum absolute atomic E-state index is 0.0944. The standard InChI is InChI=1S/C14H10ClF4NS/c15-12-2-1-3-13(16)11(12)8-20-9-4-6-10(7-5-9)21-14(17,18)19/h1-7,20H,8H2. The zero-order valence-electron chi connectivity index (χ0n) is 10.5. The highest BCUT2D eigenvalue weighted by Gasteiger charge is 2.28. The van der Waals surface area contributed by atoms with E-state index in [-0.39, 0.29) is 23.2 Å². The lowest BCUT2D eigenvalue weighted by Gasteiger charge is -2.10. The highest BCUT2D eigenvalue weighted by Crippen LogP contribution is 2.37. The minimum Gasteiger partial charge on any atom is -0.381 e. The SMILES string of the molecule is Fc1cccc(Cl)c1CNc1ccc(SC(F)(F)F)cc1. The van der Waals surface area contributed by atoms with E-state index in [1.807, 2.05) is 0 Å². The van der Waals surface area contributed by atoms with Crippen LogP contribution in [0.1, 0.15) is 5.56 Å². The van der Waals surface area contributed by atoms with Crippen molar-refractivity contribution in [2.75, 3.05) is 5.32 Å². The fraction of sp³-hybridized carbons (Fsp3) is 0.143. The molecule has 1 nitrogen and oxygen atoms in total. The van der Waals surface area contributed by atoms with Crippen molar-refractivity contribution in [2.24, 2.45) is 0 Å². The van der Waals surface area contributed by atoms with Crippen molar-refractivity contribution in [1.82, 2.24) is 0 Å². The van der Waals surface area contributed by atoms with Crippen LogP contribution in [-0.4, -0.2) is 5.51 Å². The smallest absolute Gasteiger partial charge is 0.381 e. The summed E-state index contributed by atoms with van der Waals surface area (Å²) in [5.41, 5.74) is -3.41. The lowest BCUT2D eigenvalue weighted by Crippen LogP contribution is -2.03. The Bertz CT molecular complexity index is 593. The number of hydrogen-bond acceptors (Lipinski definition) is 2. The average molecular weight is 336 g/mol. The van der Waals surface area contributed by atoms with Gasteiger partial charge in [-0.3, -0.25) is 0 Å². The Hall–Kier alpha value is -1.40. The van der Waals surface area contributed by atoms with E-state index < -0.39 is 11.3 Å². The summed E-state index contributed by atoms with van der Waals surface area (Å²) >= 11 is 5.71. The molecule has 0 radical (unpaired) electrons. The zero-order valence-corrected chi connectivity index (χ0v) is 12.1. The molecule has 7 heteroatoms. The van der Waals surface area contributed by atoms with Crippen molar-refractivity contribution >= 4 is 29.1 Å². The van der Waals surface area contributed by atoms with Crippen LogP contribution in [0, 0.1) is 5.82 Å². The summed E-state index contributed by atoms with van der Waals surface area (Å²) in [5.74, 6) is -0.431. The summed E-state index contributed by atoms with van der Waals surface area (Å²) in [4.78, 5) is 0.0944. The van der Waals surface area contributed by atoms with E-state index in [0.29, 0.717) is 16.3 Å². The van der Waals surface area contributed by atoms with Crippen LogP contribution in [0.25, 0.3) is 0 Å². The average Bonchev–Trinajstić information content (AvgIpc) is 2.38. The van der Waals surface area contributed by atoms with Crippen LogP contribution in [-0.2, 0) is 6.54 Å². The van der Waals surface area contributed by atoms with Crippen molar-refractivity contribution in [2.45, 2.75) is 16.9 Å². The molecular formula is C14H10ClF4NS. The molecule has 0 saturated heterocycles. The van der Waals surface area contributed by atoms with Crippen molar-refractivity contribution in [3.05, 3.63) is 58.9 Å². The summed E-state index contributed by atoms with van der Waals surface area (Å²) in [6.07, 6.45) is 0. The molecule has 0 aliphatic heterocycles. The molecule has 2 aromatic rings. The first-order chi connectivity index (χ1) is 9.85. The minimum atomic E-state index is -4.31. The Morgan fingerprint density at radius 3 is 2.29 bits per heavy atom. The van der Waals surface area contributed by atoms with E-state index in [1.165, 1.54) is 36.4 Å². The number of hydrogen-bond donors (Lipinski definition) is 1. The maximum absolute atomic E-state index is 13.6. The molecule has 0 atom stereocenters. The monoisotopic (exact) mass is 335 g/mol. The zero-order chi connectivity index (χ0) is 15.5. The first kappa shape index (κ1) is 16.0. The Balaban J connectivity index is 2.01. The lowest BCUT2D eigenvalue weighted by atomic mass is 10.2. The molecule has 0 saturated carbocycles. The largest absolute Gasteiger partial charge is 0.446 e. The molecular weight excluding hydrogens is 326 g/mol. The number of halogens is 5. The Morgan fingerprint density at radius 1 is 1.05 bits per heavy atom. The van der Waals surface area contributed by atoms with Gasteiger partial charge >= 0.3 is 5.51 Å². The van der Waals surface area contributed by atoms with Crippen molar-refractivity contribution in [3.63, 3.8) is 0 Å². The molecule has 2 rings (SSSR count). The van der Waals surface area contributed by atoms with E-state index in [2.05, 4.69) is 5.32 Å². The molecule has 0 amide bonds. The number of thioether (sulfide) groups is 1. The van der Waals surface area contributed by atoms with Gasteiger partial charge in [0.1, 0.15) is 5.82 Å². The third kappa shape index (κ3) is 4.82. The van der Waals surface area contributed by atoms with Crippen LogP contribution in [0.4, 0.5) is 23.2 Å². The Kier molecular flexibility index (Phi) is 5.00. The molecule has 0 spiro atoms. The van der Waals surface area contributed by atoms with Crippen LogP contribution in [0.15, 0.2) is 47.4 Å². The lowest BCUT2D eigenvalue weighted by molar-refractivity contribution is -0.0328. The van der Waals surface area contributed by atoms with Crippen LogP contribution in [0.5, 0.6) is 0 Å². The second-order valence-electron chi connectivity index (χ2n) is 4.13. The molecule has 0 aromatic heterocycles. The molecule has 0 heterocycles. The van der Waals surface area contributed by atoms with Gasteiger partial charge in [-0.25, -0.2) is 4.39 Å². The van der Waals surface area contributed by atoms with E-state index in [1.54, 1.807) is 6.07 Å². The van der Waals surface area contributed by atoms with Gasteiger partial charge < -0.3 is 5.32 Å². The first-order valence-electron chi connectivity index (χ1n) is 5.88. The van der Waals surface area contributed by atoms with Gasteiger partial charge in [0, 0.05) is 27.7 Å². The van der Waals surface area contributed by atoms with Gasteiger partial charge in [0.2, 0.25) is 0 Å². The number of anilines is 1. The van der Waals surface area contributed by atoms with Gasteiger partial charge in [-0.1, -0.05) is 17.7 Å². The molecule has 0 aliphatic rings. The fourth-order valence-corrected chi connectivity index (χ4v) is 2.44. The molecule has 0 bridgehead atoms. The molecule has 2 aromatic carbocycles. The van der Waals surface area contributed by atoms with Gasteiger partial charge in [0.15, 0.2) is 0 Å². The van der Waals surface area contributed by atoms with Gasteiger partial charge in [0.25, 0.3) is 0 Å². The van der Waals surface area contributed by atoms with Crippen LogP contribution in [0.2, 0.25) is 5.02 Å². The van der Waals surface area contributed by atoms with Crippen molar-refractivity contribution in [3.8, 4) is 0 Å². The summed E-state index contributed by atoms with van der Waals surface area (Å²) < 4.78 is 50.1. The molecule has 0 fully saturated rings. The van der Waals surface area contributed by atoms with Crippen molar-refractivity contribution in [1.29, 1.82) is 0 Å². The highest BCUT2D eigenvalue weighted by molar-refractivity contribution is 8.00. The number of nitrogens with one attached hydrogen (secondary N) is 1. The van der Waals surface area contributed by atoms with Crippen LogP contribution < -0.4 is 5.32 Å². The maximum Gasteiger partial charge on any atom is 0.446 e. The van der Waals surface area contributed by atoms with Gasteiger partial charge in [0.05, 0.1) is 0 Å². The molecule has 1 N–H and O–H groups in total. The predicted octanol–water partition coefficient (Wildman–Crippen LogP) is 5.70. The molecule has 21 heavy (non-hydrogen) atoms. The quantitative estimate of drug-likeness (QED) is 0.568. The Morgan fingerprint density at radius 2 is 1.71 bits per heavy atom. The predicted molar refractivity (Wildman–Crippen MR) is 77.1 cm³/mol. The molecule has 0 unspecified atom stereocenters. The number of benzene rings is 2. The van der Waals surface area contributed by atoms with E-state index >= 15 is 0 Å². The van der Waals surface area contributed by atoms with Crippen LogP contribution >= 0.6 is 23.4 Å². The van der Waals surface area contributed by atoms with Gasteiger partial charge in [-0.2, -0.15) is 13.2 Å². The third-order valence-electron chi connectivity index (χ3n) is 2.62. The summed E-state index contributed by atoms with van der Waals surface area (Å²) in [5, 5.41) is 3.22. The second kappa shape index (κ2) is 6.58. The summed E-state index contributed by atoms with van der Waals surface area (Å²) in [6, 6.07) is 10.1. The molecule has 0 aliphatic carbocycles. The van der Waals surface area contributed by atoms with Gasteiger partial charge in [-0.15, -0.1) is 0 Å². The van der Waals surface area contributed by atoms with E-state index in [4.69, 9.17) is 11.6 Å². The highest BCUT2D eigenvalue weighted by atomic mass is 35.5. The topological polar surface area (TPSA) is 12.0 Å². The normalized spacial score (nSPS) is 11.5. The van der Waals surface area contributed by atoms with E-state index in [9.17, 15) is 17.6 Å². The number of alkyl halides is 3. The third-order valence-corrected chi connectivity index (χ3v) is 3.71. The Labute approximate surface area is 128 Å². The second-order valence-corrected chi connectivity index (χ2v) is 5.67. The molecule has 112 valence electrons. The first-order valence-corrected chi connectivity index (χ1v) is 7.07. The maximum atomic E-state index is 13.6. The van der Waals surface area contributed by atoms with Crippen molar-refractivity contribution < 1.29 is 17.6 Å². The van der Waals surface area contributed by atoms with E-state index in [0.717, 1.165) is 0 Å². The number of rotatable bonds is 4. The summed E-state index contributed by atoms with van der Waals surface area (Å²) in [7, 11) is 0. The van der Waals surface area contributed by atoms with Gasteiger partial charge in [-0.05, 0) is 48.2 Å². The fourth-order valence-electron chi connectivity index (χ4n) is 1.67. The summed E-state index contributed by atoms with van der Waals surface area (Å²) in [6.45, 7) is 0.150.